The summed E-state index contributed by atoms with van der Waals surface area (Å²) in [6.45, 7) is 2.89. The number of benzene rings is 1. The number of aromatic nitrogens is 1. The average molecular weight is 285 g/mol. The van der Waals surface area contributed by atoms with Crippen LogP contribution in [-0.2, 0) is 9.47 Å². The largest absolute Gasteiger partial charge is 0.462 e. The molecular formula is C17H19NO3. The molecule has 0 unspecified atom stereocenters. The van der Waals surface area contributed by atoms with Crippen molar-refractivity contribution in [2.75, 3.05) is 20.3 Å². The molecule has 0 radical (unpaired) electrons. The first-order valence-electron chi connectivity index (χ1n) is 6.98. The van der Waals surface area contributed by atoms with Crippen molar-refractivity contribution in [2.24, 2.45) is 0 Å². The molecule has 0 fully saturated rings. The summed E-state index contributed by atoms with van der Waals surface area (Å²) in [5.74, 6) is -0.308. The number of para-hydroxylation sites is 1. The minimum Gasteiger partial charge on any atom is -0.462 e. The molecule has 0 saturated heterocycles. The second kappa shape index (κ2) is 7.55. The van der Waals surface area contributed by atoms with Gasteiger partial charge < -0.3 is 9.47 Å². The standard InChI is InChI=1S/C17H19NO3/c1-3-10-21-17(19)15-12-13(7-6-11-20-2)18-16-9-5-4-8-14(15)16/h4-9,12H,3,10-11H2,1-2H3. The van der Waals surface area contributed by atoms with Crippen LogP contribution in [-0.4, -0.2) is 31.3 Å². The third-order valence-corrected chi connectivity index (χ3v) is 2.94. The summed E-state index contributed by atoms with van der Waals surface area (Å²) in [7, 11) is 1.63. The van der Waals surface area contributed by atoms with Gasteiger partial charge in [-0.25, -0.2) is 9.78 Å². The molecule has 0 saturated carbocycles. The predicted octanol–water partition coefficient (Wildman–Crippen LogP) is 3.46. The summed E-state index contributed by atoms with van der Waals surface area (Å²) in [6.07, 6.45) is 4.50. The highest BCUT2D eigenvalue weighted by atomic mass is 16.5. The minimum absolute atomic E-state index is 0.308. The monoisotopic (exact) mass is 285 g/mol. The van der Waals surface area contributed by atoms with Gasteiger partial charge in [-0.2, -0.15) is 0 Å². The van der Waals surface area contributed by atoms with E-state index in [1.165, 1.54) is 0 Å². The zero-order valence-electron chi connectivity index (χ0n) is 12.3. The Morgan fingerprint density at radius 1 is 1.33 bits per heavy atom. The van der Waals surface area contributed by atoms with E-state index >= 15 is 0 Å². The number of hydrogen-bond donors (Lipinski definition) is 0. The number of ether oxygens (including phenoxy) is 2. The molecule has 1 aromatic heterocycles. The van der Waals surface area contributed by atoms with Crippen LogP contribution in [0.15, 0.2) is 36.4 Å². The van der Waals surface area contributed by atoms with E-state index in [2.05, 4.69) is 4.98 Å². The van der Waals surface area contributed by atoms with Crippen LogP contribution in [0.25, 0.3) is 17.0 Å². The maximum absolute atomic E-state index is 12.2. The van der Waals surface area contributed by atoms with Crippen molar-refractivity contribution in [3.63, 3.8) is 0 Å². The van der Waals surface area contributed by atoms with Crippen LogP contribution in [0.2, 0.25) is 0 Å². The maximum atomic E-state index is 12.2. The van der Waals surface area contributed by atoms with E-state index in [9.17, 15) is 4.79 Å². The second-order valence-corrected chi connectivity index (χ2v) is 4.61. The van der Waals surface area contributed by atoms with Gasteiger partial charge in [-0.3, -0.25) is 0 Å². The number of pyridine rings is 1. The van der Waals surface area contributed by atoms with Gasteiger partial charge in [0, 0.05) is 12.5 Å². The van der Waals surface area contributed by atoms with Gasteiger partial charge in [0.25, 0.3) is 0 Å². The topological polar surface area (TPSA) is 48.4 Å². The van der Waals surface area contributed by atoms with E-state index in [1.807, 2.05) is 43.3 Å². The number of carbonyl (C=O) groups is 1. The van der Waals surface area contributed by atoms with Crippen molar-refractivity contribution in [1.29, 1.82) is 0 Å². The number of nitrogens with zero attached hydrogens (tertiary/aromatic N) is 1. The molecule has 0 amide bonds. The fourth-order valence-electron chi connectivity index (χ4n) is 1.99. The molecule has 0 aliphatic rings. The first-order valence-corrected chi connectivity index (χ1v) is 6.98. The van der Waals surface area contributed by atoms with Crippen LogP contribution in [0.3, 0.4) is 0 Å². The van der Waals surface area contributed by atoms with E-state index in [-0.39, 0.29) is 5.97 Å². The molecule has 110 valence electrons. The Labute approximate surface area is 124 Å². The van der Waals surface area contributed by atoms with Crippen molar-refractivity contribution in [3.8, 4) is 0 Å². The quantitative estimate of drug-likeness (QED) is 0.763. The number of esters is 1. The predicted molar refractivity (Wildman–Crippen MR) is 83.2 cm³/mol. The van der Waals surface area contributed by atoms with E-state index in [4.69, 9.17) is 9.47 Å². The summed E-state index contributed by atoms with van der Waals surface area (Å²) in [4.78, 5) is 16.7. The molecule has 21 heavy (non-hydrogen) atoms. The highest BCUT2D eigenvalue weighted by molar-refractivity contribution is 6.03. The molecule has 0 spiro atoms. The minimum atomic E-state index is -0.308. The van der Waals surface area contributed by atoms with E-state index < -0.39 is 0 Å². The number of methoxy groups -OCH3 is 1. The number of fused-ring (bicyclic) bond motifs is 1. The number of carbonyl (C=O) groups excluding carboxylic acids is 1. The molecule has 0 bridgehead atoms. The zero-order chi connectivity index (χ0) is 15.1. The van der Waals surface area contributed by atoms with Crippen LogP contribution in [0.5, 0.6) is 0 Å². The molecule has 0 aliphatic heterocycles. The summed E-state index contributed by atoms with van der Waals surface area (Å²) in [5.41, 5.74) is 2.04. The molecule has 0 atom stereocenters. The van der Waals surface area contributed by atoms with E-state index in [1.54, 1.807) is 13.2 Å². The lowest BCUT2D eigenvalue weighted by atomic mass is 10.1. The van der Waals surface area contributed by atoms with Gasteiger partial charge in [0.15, 0.2) is 0 Å². The number of hydrogen-bond acceptors (Lipinski definition) is 4. The van der Waals surface area contributed by atoms with Gasteiger partial charge in [-0.1, -0.05) is 31.2 Å². The molecule has 0 aliphatic carbocycles. The Balaban J connectivity index is 2.42. The summed E-state index contributed by atoms with van der Waals surface area (Å²) in [5, 5.41) is 0.808. The van der Waals surface area contributed by atoms with Gasteiger partial charge in [-0.05, 0) is 24.6 Å². The van der Waals surface area contributed by atoms with Crippen LogP contribution < -0.4 is 0 Å². The zero-order valence-corrected chi connectivity index (χ0v) is 12.3. The molecular weight excluding hydrogens is 266 g/mol. The van der Waals surface area contributed by atoms with Crippen molar-refractivity contribution < 1.29 is 14.3 Å². The first-order chi connectivity index (χ1) is 10.3. The highest BCUT2D eigenvalue weighted by Gasteiger charge is 2.13. The Morgan fingerprint density at radius 3 is 2.90 bits per heavy atom. The lowest BCUT2D eigenvalue weighted by Gasteiger charge is -2.08. The van der Waals surface area contributed by atoms with Crippen molar-refractivity contribution in [1.82, 2.24) is 4.98 Å². The lowest BCUT2D eigenvalue weighted by Crippen LogP contribution is -2.07. The van der Waals surface area contributed by atoms with Crippen molar-refractivity contribution in [3.05, 3.63) is 47.7 Å². The summed E-state index contributed by atoms with van der Waals surface area (Å²) in [6, 6.07) is 9.32. The summed E-state index contributed by atoms with van der Waals surface area (Å²) < 4.78 is 10.2. The lowest BCUT2D eigenvalue weighted by molar-refractivity contribution is 0.0507. The first kappa shape index (κ1) is 15.2. The smallest absolute Gasteiger partial charge is 0.338 e. The average Bonchev–Trinajstić information content (AvgIpc) is 2.52. The molecule has 0 N–H and O–H groups in total. The Bertz CT molecular complexity index is 650. The van der Waals surface area contributed by atoms with Crippen LogP contribution in [0.1, 0.15) is 29.4 Å². The van der Waals surface area contributed by atoms with Gasteiger partial charge in [0.1, 0.15) is 0 Å². The highest BCUT2D eigenvalue weighted by Crippen LogP contribution is 2.20. The van der Waals surface area contributed by atoms with Gasteiger partial charge in [0.2, 0.25) is 0 Å². The van der Waals surface area contributed by atoms with Gasteiger partial charge in [0.05, 0.1) is 30.0 Å². The SMILES string of the molecule is CCCOC(=O)c1cc(C=CCOC)nc2ccccc12. The third-order valence-electron chi connectivity index (χ3n) is 2.94. The van der Waals surface area contributed by atoms with Crippen molar-refractivity contribution >= 4 is 22.9 Å². The van der Waals surface area contributed by atoms with Crippen molar-refractivity contribution in [2.45, 2.75) is 13.3 Å². The fourth-order valence-corrected chi connectivity index (χ4v) is 1.99. The van der Waals surface area contributed by atoms with Crippen LogP contribution in [0.4, 0.5) is 0 Å². The molecule has 2 rings (SSSR count). The normalized spacial score (nSPS) is 11.1. The molecule has 1 aromatic carbocycles. The molecule has 2 aromatic rings. The molecule has 4 nitrogen and oxygen atoms in total. The summed E-state index contributed by atoms with van der Waals surface area (Å²) >= 11 is 0. The Kier molecular flexibility index (Phi) is 5.46. The van der Waals surface area contributed by atoms with Gasteiger partial charge in [-0.15, -0.1) is 0 Å². The molecule has 1 heterocycles. The number of rotatable bonds is 6. The van der Waals surface area contributed by atoms with Crippen LogP contribution in [0, 0.1) is 0 Å². The second-order valence-electron chi connectivity index (χ2n) is 4.61. The maximum Gasteiger partial charge on any atom is 0.338 e. The molecule has 4 heteroatoms. The third kappa shape index (κ3) is 3.89. The Hall–Kier alpha value is -2.20. The van der Waals surface area contributed by atoms with E-state index in [0.29, 0.717) is 24.5 Å². The van der Waals surface area contributed by atoms with E-state index in [0.717, 1.165) is 17.3 Å². The van der Waals surface area contributed by atoms with Gasteiger partial charge >= 0.3 is 5.97 Å². The Morgan fingerprint density at radius 2 is 2.14 bits per heavy atom. The fraction of sp³-hybridized carbons (Fsp3) is 0.294. The van der Waals surface area contributed by atoms with Crippen LogP contribution >= 0.6 is 0 Å².